The third kappa shape index (κ3) is 4.59. The van der Waals surface area contributed by atoms with Gasteiger partial charge in [-0.25, -0.2) is 13.2 Å². The lowest BCUT2D eigenvalue weighted by Gasteiger charge is -2.32. The van der Waals surface area contributed by atoms with Gasteiger partial charge >= 0.3 is 0 Å². The quantitative estimate of drug-likeness (QED) is 0.740. The number of amides is 2. The molecule has 1 aliphatic rings. The summed E-state index contributed by atoms with van der Waals surface area (Å²) in [6, 6.07) is 9.17. The first kappa shape index (κ1) is 20.9. The topological polar surface area (TPSA) is 53.9 Å². The highest BCUT2D eigenvalue weighted by molar-refractivity contribution is 5.91. The number of halogens is 3. The van der Waals surface area contributed by atoms with Gasteiger partial charge in [0.15, 0.2) is 30.0 Å². The van der Waals surface area contributed by atoms with E-state index in [4.69, 9.17) is 0 Å². The third-order valence-corrected chi connectivity index (χ3v) is 5.30. The van der Waals surface area contributed by atoms with Crippen LogP contribution in [0.1, 0.15) is 18.1 Å². The summed E-state index contributed by atoms with van der Waals surface area (Å²) in [5.74, 6) is -5.10. The Hall–Kier alpha value is -2.87. The van der Waals surface area contributed by atoms with Crippen LogP contribution in [0.4, 0.5) is 18.9 Å². The Morgan fingerprint density at radius 1 is 1.10 bits per heavy atom. The van der Waals surface area contributed by atoms with Crippen LogP contribution >= 0.6 is 0 Å². The van der Waals surface area contributed by atoms with Gasteiger partial charge < -0.3 is 15.1 Å². The smallest absolute Gasteiger partial charge is 0.280 e. The first-order valence-electron chi connectivity index (χ1n) is 9.39. The Morgan fingerprint density at radius 3 is 2.52 bits per heavy atom. The van der Waals surface area contributed by atoms with E-state index in [1.807, 2.05) is 18.2 Å². The monoisotopic (exact) mass is 406 g/mol. The van der Waals surface area contributed by atoms with Crippen LogP contribution in [0.2, 0.25) is 0 Å². The summed E-state index contributed by atoms with van der Waals surface area (Å²) in [6.07, 6.45) is 0.781. The maximum atomic E-state index is 13.7. The molecule has 0 fully saturated rings. The van der Waals surface area contributed by atoms with Crippen LogP contribution in [0.3, 0.4) is 0 Å². The van der Waals surface area contributed by atoms with Crippen LogP contribution in [0, 0.1) is 17.5 Å². The summed E-state index contributed by atoms with van der Waals surface area (Å²) in [6.45, 7) is 2.73. The molecule has 2 aromatic rings. The van der Waals surface area contributed by atoms with E-state index in [0.717, 1.165) is 24.1 Å². The van der Waals surface area contributed by atoms with Gasteiger partial charge in [0.05, 0.1) is 12.7 Å². The molecule has 0 bridgehead atoms. The molecule has 1 aliphatic heterocycles. The van der Waals surface area contributed by atoms with E-state index in [2.05, 4.69) is 11.4 Å². The van der Waals surface area contributed by atoms with Crippen molar-refractivity contribution < 1.29 is 27.7 Å². The molecular formula is C21H23F3N3O2+. The Kier molecular flexibility index (Phi) is 6.22. The number of hydrogen-bond donors (Lipinski definition) is 2. The standard InChI is InChI=1S/C21H22F3N3O2/c1-13(21(29)27-10-9-14-5-3-4-6-15(14)11-27)26(2)12-18(28)25-17-8-7-16(22)19(23)20(17)24/h3-8,13H,9-12H2,1-2H3,(H,25,28)/p+1/t13-/m0/s1. The molecule has 2 amide bonds. The van der Waals surface area contributed by atoms with Crippen LogP contribution < -0.4 is 10.2 Å². The molecule has 0 aromatic heterocycles. The van der Waals surface area contributed by atoms with Crippen molar-refractivity contribution in [3.8, 4) is 0 Å². The largest absolute Gasteiger partial charge is 0.333 e. The fraction of sp³-hybridized carbons (Fsp3) is 0.333. The molecule has 154 valence electrons. The van der Waals surface area contributed by atoms with Crippen molar-refractivity contribution in [1.82, 2.24) is 4.90 Å². The molecule has 8 heteroatoms. The molecule has 5 nitrogen and oxygen atoms in total. The minimum absolute atomic E-state index is 0.0798. The van der Waals surface area contributed by atoms with Gasteiger partial charge in [0.1, 0.15) is 0 Å². The van der Waals surface area contributed by atoms with Crippen molar-refractivity contribution in [3.05, 3.63) is 65.0 Å². The van der Waals surface area contributed by atoms with Gasteiger partial charge in [-0.2, -0.15) is 0 Å². The van der Waals surface area contributed by atoms with Crippen molar-refractivity contribution in [2.75, 3.05) is 25.5 Å². The van der Waals surface area contributed by atoms with Gasteiger partial charge in [0, 0.05) is 13.1 Å². The Bertz CT molecular complexity index is 935. The van der Waals surface area contributed by atoms with Crippen molar-refractivity contribution >= 4 is 17.5 Å². The maximum absolute atomic E-state index is 13.7. The Balaban J connectivity index is 1.59. The van der Waals surface area contributed by atoms with Crippen LogP contribution in [0.5, 0.6) is 0 Å². The first-order valence-corrected chi connectivity index (χ1v) is 9.39. The Morgan fingerprint density at radius 2 is 1.79 bits per heavy atom. The summed E-state index contributed by atoms with van der Waals surface area (Å²) in [7, 11) is 1.68. The van der Waals surface area contributed by atoms with Crippen LogP contribution in [0.25, 0.3) is 0 Å². The molecule has 0 saturated carbocycles. The molecule has 29 heavy (non-hydrogen) atoms. The van der Waals surface area contributed by atoms with Crippen LogP contribution in [-0.4, -0.2) is 42.9 Å². The number of nitrogens with one attached hydrogen (secondary N) is 2. The summed E-state index contributed by atoms with van der Waals surface area (Å²) in [5.41, 5.74) is 1.91. The lowest BCUT2D eigenvalue weighted by Crippen LogP contribution is -3.15. The number of hydrogen-bond acceptors (Lipinski definition) is 2. The second-order valence-electron chi connectivity index (χ2n) is 7.29. The van der Waals surface area contributed by atoms with Crippen molar-refractivity contribution in [2.24, 2.45) is 0 Å². The number of rotatable bonds is 5. The molecule has 0 radical (unpaired) electrons. The predicted molar refractivity (Wildman–Crippen MR) is 102 cm³/mol. The van der Waals surface area contributed by atoms with E-state index in [0.29, 0.717) is 18.0 Å². The molecule has 3 rings (SSSR count). The van der Waals surface area contributed by atoms with Gasteiger partial charge in [-0.1, -0.05) is 24.3 Å². The van der Waals surface area contributed by atoms with Crippen molar-refractivity contribution in [3.63, 3.8) is 0 Å². The highest BCUT2D eigenvalue weighted by Crippen LogP contribution is 2.20. The number of likely N-dealkylation sites (N-methyl/N-ethyl adjacent to an activating group) is 1. The second-order valence-corrected chi connectivity index (χ2v) is 7.29. The number of quaternary nitrogens is 1. The van der Waals surface area contributed by atoms with Crippen LogP contribution in [0.15, 0.2) is 36.4 Å². The zero-order chi connectivity index (χ0) is 21.1. The minimum atomic E-state index is -1.64. The number of carbonyl (C=O) groups excluding carboxylic acids is 2. The molecule has 0 spiro atoms. The van der Waals surface area contributed by atoms with Gasteiger partial charge in [-0.05, 0) is 36.6 Å². The van der Waals surface area contributed by atoms with E-state index in [9.17, 15) is 22.8 Å². The lowest BCUT2D eigenvalue weighted by atomic mass is 9.99. The number of anilines is 1. The normalized spacial score (nSPS) is 15.4. The minimum Gasteiger partial charge on any atom is -0.333 e. The Labute approximate surface area is 167 Å². The fourth-order valence-electron chi connectivity index (χ4n) is 3.39. The number of nitrogens with zero attached hydrogens (tertiary/aromatic N) is 1. The van der Waals surface area contributed by atoms with Gasteiger partial charge in [0.2, 0.25) is 0 Å². The third-order valence-electron chi connectivity index (χ3n) is 5.30. The fourth-order valence-corrected chi connectivity index (χ4v) is 3.39. The highest BCUT2D eigenvalue weighted by atomic mass is 19.2. The average Bonchev–Trinajstić information content (AvgIpc) is 2.72. The second kappa shape index (κ2) is 8.65. The molecule has 0 saturated heterocycles. The maximum Gasteiger partial charge on any atom is 0.280 e. The van der Waals surface area contributed by atoms with E-state index in [1.54, 1.807) is 18.9 Å². The zero-order valence-corrected chi connectivity index (χ0v) is 16.3. The SMILES string of the molecule is C[C@@H](C(=O)N1CCc2ccccc2C1)[NH+](C)CC(=O)Nc1ccc(F)c(F)c1F. The summed E-state index contributed by atoms with van der Waals surface area (Å²) < 4.78 is 40.0. The number of benzene rings is 2. The van der Waals surface area contributed by atoms with Gasteiger partial charge in [0.25, 0.3) is 11.8 Å². The molecule has 1 unspecified atom stereocenters. The van der Waals surface area contributed by atoms with Crippen LogP contribution in [-0.2, 0) is 22.6 Å². The lowest BCUT2D eigenvalue weighted by molar-refractivity contribution is -0.886. The van der Waals surface area contributed by atoms with Crippen molar-refractivity contribution in [1.29, 1.82) is 0 Å². The van der Waals surface area contributed by atoms with Crippen molar-refractivity contribution in [2.45, 2.75) is 25.9 Å². The molecular weight excluding hydrogens is 383 g/mol. The highest BCUT2D eigenvalue weighted by Gasteiger charge is 2.30. The zero-order valence-electron chi connectivity index (χ0n) is 16.3. The first-order chi connectivity index (χ1) is 13.8. The molecule has 1 heterocycles. The van der Waals surface area contributed by atoms with E-state index >= 15 is 0 Å². The van der Waals surface area contributed by atoms with E-state index in [-0.39, 0.29) is 12.5 Å². The van der Waals surface area contributed by atoms with E-state index in [1.165, 1.54) is 5.56 Å². The number of fused-ring (bicyclic) bond motifs is 1. The van der Waals surface area contributed by atoms with Gasteiger partial charge in [-0.3, -0.25) is 9.59 Å². The van der Waals surface area contributed by atoms with E-state index < -0.39 is 35.1 Å². The summed E-state index contributed by atoms with van der Waals surface area (Å²) in [5, 5.41) is 2.23. The molecule has 0 aliphatic carbocycles. The molecule has 2 aromatic carbocycles. The molecule has 2 N–H and O–H groups in total. The summed E-state index contributed by atoms with van der Waals surface area (Å²) in [4.78, 5) is 27.4. The van der Waals surface area contributed by atoms with Gasteiger partial charge in [-0.15, -0.1) is 0 Å². The average molecular weight is 406 g/mol. The summed E-state index contributed by atoms with van der Waals surface area (Å²) >= 11 is 0. The number of carbonyl (C=O) groups is 2. The molecule has 2 atom stereocenters. The predicted octanol–water partition coefficient (Wildman–Crippen LogP) is 1.53.